The van der Waals surface area contributed by atoms with Gasteiger partial charge in [-0.25, -0.2) is 4.79 Å². The molecule has 0 aliphatic carbocycles. The Morgan fingerprint density at radius 2 is 1.33 bits per heavy atom. The number of hydrogen-bond acceptors (Lipinski definition) is 2. The predicted molar refractivity (Wildman–Crippen MR) is 27.0 cm³/mol. The summed E-state index contributed by atoms with van der Waals surface area (Å²) in [4.78, 5) is 8.56. The minimum Gasteiger partial charge on any atom is -0.450 e. The van der Waals surface area contributed by atoms with Crippen LogP contribution in [0.15, 0.2) is 0 Å². The van der Waals surface area contributed by atoms with Crippen molar-refractivity contribution in [1.29, 1.82) is 0 Å². The molecule has 0 bridgehead atoms. The highest BCUT2D eigenvalue weighted by Gasteiger charge is 1.70. The van der Waals surface area contributed by atoms with Crippen molar-refractivity contribution in [3.05, 3.63) is 0 Å². The van der Waals surface area contributed by atoms with Gasteiger partial charge in [-0.1, -0.05) is 0 Å². The van der Waals surface area contributed by atoms with Crippen molar-refractivity contribution in [1.82, 2.24) is 6.15 Å². The van der Waals surface area contributed by atoms with Gasteiger partial charge in [0.05, 0.1) is 0 Å². The summed E-state index contributed by atoms with van der Waals surface area (Å²) in [5.74, 6) is 0. The molecule has 0 spiro atoms. The maximum absolute atomic E-state index is 8.56. The van der Waals surface area contributed by atoms with E-state index in [0.29, 0.717) is 0 Å². The van der Waals surface area contributed by atoms with E-state index in [1.807, 2.05) is 0 Å². The summed E-state index contributed by atoms with van der Waals surface area (Å²) in [6, 6.07) is 0. The van der Waals surface area contributed by atoms with Crippen LogP contribution in [0, 0.1) is 0 Å². The molecule has 0 radical (unpaired) electrons. The third-order valence-corrected chi connectivity index (χ3v) is 0. The van der Waals surface area contributed by atoms with Gasteiger partial charge in [-0.3, -0.25) is 0 Å². The molecule has 0 atom stereocenters. The maximum Gasteiger partial charge on any atom is 0.503 e. The van der Waals surface area contributed by atoms with Crippen LogP contribution in [-0.2, 0) is 0 Å². The third-order valence-electron chi connectivity index (χ3n) is 0. The van der Waals surface area contributed by atoms with Gasteiger partial charge in [0.25, 0.3) is 0 Å². The van der Waals surface area contributed by atoms with Gasteiger partial charge in [0.15, 0.2) is 0 Å². The van der Waals surface area contributed by atoms with E-state index in [-0.39, 0.29) is 17.1 Å². The van der Waals surface area contributed by atoms with Crippen molar-refractivity contribution in [2.75, 3.05) is 0 Å². The fourth-order valence-corrected chi connectivity index (χ4v) is 0. The van der Waals surface area contributed by atoms with Gasteiger partial charge in [-0.15, -0.1) is 0 Å². The normalized spacial score (nSPS) is 4.00. The lowest BCUT2D eigenvalue weighted by Gasteiger charge is -1.60. The van der Waals surface area contributed by atoms with Crippen molar-refractivity contribution in [3.8, 4) is 0 Å². The van der Waals surface area contributed by atoms with E-state index in [1.165, 1.54) is 0 Å². The average molecular weight is 111 g/mol. The Morgan fingerprint density at radius 1 is 1.33 bits per heavy atom. The topological polar surface area (TPSA) is 92.5 Å². The van der Waals surface area contributed by atoms with Crippen LogP contribution in [0.4, 0.5) is 4.79 Å². The van der Waals surface area contributed by atoms with Gasteiger partial charge < -0.3 is 16.4 Å². The molecule has 0 aromatic carbocycles. The second kappa shape index (κ2) is 8.82. The number of carbonyl (C=O) groups is 1. The number of rotatable bonds is 0. The van der Waals surface area contributed by atoms with Crippen LogP contribution in [0.3, 0.4) is 0 Å². The first-order valence-corrected chi connectivity index (χ1v) is 0.651. The number of carboxylic acid groups (broad SMARTS) is 2. The molecule has 6 heavy (non-hydrogen) atoms. The van der Waals surface area contributed by atoms with Gasteiger partial charge in [0.1, 0.15) is 0 Å². The van der Waals surface area contributed by atoms with Crippen molar-refractivity contribution in [3.63, 3.8) is 0 Å². The molecule has 0 fully saturated rings. The van der Waals surface area contributed by atoms with Crippen LogP contribution in [-0.4, -0.2) is 27.3 Å². The van der Waals surface area contributed by atoms with Crippen molar-refractivity contribution >= 4 is 17.1 Å². The Hall–Kier alpha value is -0.553. The second-order valence-electron chi connectivity index (χ2n) is 0.283. The smallest absolute Gasteiger partial charge is 0.450 e. The zero-order valence-corrected chi connectivity index (χ0v) is 2.51. The van der Waals surface area contributed by atoms with E-state index < -0.39 is 6.16 Å². The molecule has 0 heterocycles. The molecular formula is CH9NO3Si. The van der Waals surface area contributed by atoms with E-state index in [9.17, 15) is 0 Å². The van der Waals surface area contributed by atoms with E-state index in [1.54, 1.807) is 0 Å². The highest BCUT2D eigenvalue weighted by Crippen LogP contribution is 1.42. The largest absolute Gasteiger partial charge is 0.503 e. The SMILES string of the molecule is N.O=C(O)O.[SiH4]. The van der Waals surface area contributed by atoms with E-state index in [2.05, 4.69) is 0 Å². The Kier molecular flexibility index (Phi) is 26.5. The highest BCUT2D eigenvalue weighted by molar-refractivity contribution is 5.75. The van der Waals surface area contributed by atoms with E-state index in [4.69, 9.17) is 15.0 Å². The molecule has 0 aliphatic rings. The van der Waals surface area contributed by atoms with Gasteiger partial charge in [-0.05, 0) is 11.0 Å². The standard InChI is InChI=1S/CH2O3.H3N.H4Si/c2-1(3)4;;/h(H2,2,3,4);1H3;1H4. The van der Waals surface area contributed by atoms with Crippen LogP contribution >= 0.6 is 0 Å². The highest BCUT2D eigenvalue weighted by atomic mass is 28.1. The molecule has 0 saturated carbocycles. The zero-order valence-electron chi connectivity index (χ0n) is 2.51. The van der Waals surface area contributed by atoms with Crippen LogP contribution in [0.1, 0.15) is 0 Å². The summed E-state index contributed by atoms with van der Waals surface area (Å²) in [5.41, 5.74) is 0. The molecule has 0 amide bonds. The molecule has 0 unspecified atom stereocenters. The summed E-state index contributed by atoms with van der Waals surface area (Å²) in [7, 11) is 0. The molecule has 4 nitrogen and oxygen atoms in total. The Balaban J connectivity index is -0.0000000450. The molecule has 5 heteroatoms. The van der Waals surface area contributed by atoms with E-state index >= 15 is 0 Å². The lowest BCUT2D eigenvalue weighted by molar-refractivity contribution is 0.137. The summed E-state index contributed by atoms with van der Waals surface area (Å²) in [6.07, 6.45) is -1.83. The fourth-order valence-electron chi connectivity index (χ4n) is 0. The minimum absolute atomic E-state index is 0. The van der Waals surface area contributed by atoms with E-state index in [0.717, 1.165) is 0 Å². The molecule has 0 aromatic heterocycles. The summed E-state index contributed by atoms with van der Waals surface area (Å²) < 4.78 is 0. The first-order chi connectivity index (χ1) is 1.73. The Labute approximate surface area is 39.4 Å². The van der Waals surface area contributed by atoms with Gasteiger partial charge in [-0.2, -0.15) is 0 Å². The first-order valence-electron chi connectivity index (χ1n) is 0.651. The number of hydrogen-bond donors (Lipinski definition) is 3. The molecule has 0 rings (SSSR count). The zero-order chi connectivity index (χ0) is 3.58. The Bertz CT molecular complexity index is 33.8. The fraction of sp³-hybridized carbons (Fsp3) is 0. The van der Waals surface area contributed by atoms with Crippen LogP contribution in [0.25, 0.3) is 0 Å². The van der Waals surface area contributed by atoms with Crippen LogP contribution < -0.4 is 6.15 Å². The summed E-state index contributed by atoms with van der Waals surface area (Å²) in [5, 5.41) is 13.9. The maximum atomic E-state index is 8.56. The summed E-state index contributed by atoms with van der Waals surface area (Å²) in [6.45, 7) is 0. The molecule has 0 aromatic rings. The minimum atomic E-state index is -1.83. The predicted octanol–water partition coefficient (Wildman–Crippen LogP) is -1.07. The van der Waals surface area contributed by atoms with Crippen molar-refractivity contribution < 1.29 is 15.0 Å². The van der Waals surface area contributed by atoms with Gasteiger partial charge >= 0.3 is 6.16 Å². The first kappa shape index (κ1) is 18.0. The van der Waals surface area contributed by atoms with Crippen molar-refractivity contribution in [2.24, 2.45) is 0 Å². The molecule has 0 aliphatic heterocycles. The van der Waals surface area contributed by atoms with Gasteiger partial charge in [0.2, 0.25) is 0 Å². The Morgan fingerprint density at radius 3 is 1.33 bits per heavy atom. The second-order valence-corrected chi connectivity index (χ2v) is 0.283. The van der Waals surface area contributed by atoms with Crippen LogP contribution in [0.2, 0.25) is 0 Å². The quantitative estimate of drug-likeness (QED) is 0.347. The monoisotopic (exact) mass is 111 g/mol. The van der Waals surface area contributed by atoms with Gasteiger partial charge in [0, 0.05) is 0 Å². The summed E-state index contributed by atoms with van der Waals surface area (Å²) >= 11 is 0. The van der Waals surface area contributed by atoms with Crippen LogP contribution in [0.5, 0.6) is 0 Å². The molecule has 40 valence electrons. The third kappa shape index (κ3) is 67.5. The lowest BCUT2D eigenvalue weighted by Crippen LogP contribution is -1.81. The van der Waals surface area contributed by atoms with Crippen molar-refractivity contribution in [2.45, 2.75) is 0 Å². The lowest BCUT2D eigenvalue weighted by atomic mass is 11.5. The average Bonchev–Trinajstić information content (AvgIpc) is 0.811. The molecular weight excluding hydrogens is 102 g/mol. The molecule has 5 N–H and O–H groups in total. The molecule has 0 saturated heterocycles.